The highest BCUT2D eigenvalue weighted by atomic mass is 32.2. The van der Waals surface area contributed by atoms with Gasteiger partial charge in [-0.05, 0) is 18.6 Å². The number of carbonyl (C=O) groups excluding carboxylic acids is 1. The molecule has 0 fully saturated rings. The largest absolute Gasteiger partial charge is 0.337 e. The first kappa shape index (κ1) is 19.2. The van der Waals surface area contributed by atoms with Gasteiger partial charge in [0.1, 0.15) is 0 Å². The number of aromatic nitrogens is 2. The first-order chi connectivity index (χ1) is 13.1. The second-order valence-corrected chi connectivity index (χ2v) is 7.52. The number of nitrogens with zero attached hydrogens (tertiary/aromatic N) is 3. The summed E-state index contributed by atoms with van der Waals surface area (Å²) in [6.45, 7) is 2.34. The van der Waals surface area contributed by atoms with Crippen LogP contribution in [-0.2, 0) is 17.1 Å². The zero-order chi connectivity index (χ0) is 19.1. The number of aryl methyl sites for hydroxylation is 1. The summed E-state index contributed by atoms with van der Waals surface area (Å²) in [5, 5.41) is 4.02. The minimum atomic E-state index is 0.0749. The summed E-state index contributed by atoms with van der Waals surface area (Å²) in [6, 6.07) is 18.2. The Bertz CT molecular complexity index is 880. The van der Waals surface area contributed by atoms with Gasteiger partial charge in [0.15, 0.2) is 0 Å². The zero-order valence-corrected chi connectivity index (χ0v) is 16.4. The lowest BCUT2D eigenvalue weighted by atomic mass is 10.1. The van der Waals surface area contributed by atoms with Gasteiger partial charge in [-0.1, -0.05) is 59.3 Å². The molecule has 0 atom stereocenters. The molecule has 0 radical (unpaired) electrons. The van der Waals surface area contributed by atoms with E-state index in [-0.39, 0.29) is 5.91 Å². The molecular weight excluding hydrogens is 358 g/mol. The fourth-order valence-electron chi connectivity index (χ4n) is 2.63. The Hall–Kier alpha value is -2.60. The van der Waals surface area contributed by atoms with Crippen LogP contribution < -0.4 is 0 Å². The number of thioether (sulfide) groups is 1. The Kier molecular flexibility index (Phi) is 6.65. The van der Waals surface area contributed by atoms with Crippen LogP contribution in [0.3, 0.4) is 0 Å². The summed E-state index contributed by atoms with van der Waals surface area (Å²) in [7, 11) is 1.76. The van der Waals surface area contributed by atoms with E-state index in [0.717, 1.165) is 22.6 Å². The lowest BCUT2D eigenvalue weighted by Gasteiger charge is -2.14. The minimum Gasteiger partial charge on any atom is -0.337 e. The van der Waals surface area contributed by atoms with Crippen LogP contribution in [0.1, 0.15) is 23.4 Å². The number of amides is 1. The van der Waals surface area contributed by atoms with Crippen molar-refractivity contribution in [1.82, 2.24) is 15.0 Å². The van der Waals surface area contributed by atoms with E-state index in [4.69, 9.17) is 4.52 Å². The third-order valence-electron chi connectivity index (χ3n) is 4.11. The molecular formula is C21H23N3O2S. The van der Waals surface area contributed by atoms with Crippen molar-refractivity contribution in [2.45, 2.75) is 25.6 Å². The Labute approximate surface area is 163 Å². The highest BCUT2D eigenvalue weighted by Crippen LogP contribution is 2.18. The second kappa shape index (κ2) is 9.37. The van der Waals surface area contributed by atoms with Crippen LogP contribution in [0.2, 0.25) is 0 Å². The van der Waals surface area contributed by atoms with E-state index in [9.17, 15) is 4.79 Å². The van der Waals surface area contributed by atoms with E-state index < -0.39 is 0 Å². The number of hydrogen-bond acceptors (Lipinski definition) is 5. The fraction of sp³-hybridized carbons (Fsp3) is 0.286. The molecule has 5 nitrogen and oxygen atoms in total. The molecule has 0 aliphatic rings. The maximum atomic E-state index is 12.3. The molecule has 140 valence electrons. The van der Waals surface area contributed by atoms with Crippen LogP contribution in [0.25, 0.3) is 11.4 Å². The van der Waals surface area contributed by atoms with Crippen molar-refractivity contribution in [2.24, 2.45) is 0 Å². The normalized spacial score (nSPS) is 10.7. The zero-order valence-electron chi connectivity index (χ0n) is 15.6. The van der Waals surface area contributed by atoms with Crippen molar-refractivity contribution in [2.75, 3.05) is 12.8 Å². The Morgan fingerprint density at radius 3 is 2.74 bits per heavy atom. The number of benzene rings is 2. The summed E-state index contributed by atoms with van der Waals surface area (Å²) in [4.78, 5) is 18.3. The third kappa shape index (κ3) is 5.69. The van der Waals surface area contributed by atoms with E-state index in [1.54, 1.807) is 23.7 Å². The molecule has 3 aromatic rings. The quantitative estimate of drug-likeness (QED) is 0.544. The summed E-state index contributed by atoms with van der Waals surface area (Å²) >= 11 is 1.76. The van der Waals surface area contributed by atoms with Gasteiger partial charge in [0, 0.05) is 30.5 Å². The van der Waals surface area contributed by atoms with Gasteiger partial charge in [-0.15, -0.1) is 0 Å². The van der Waals surface area contributed by atoms with Crippen molar-refractivity contribution < 1.29 is 9.32 Å². The van der Waals surface area contributed by atoms with Crippen LogP contribution in [0, 0.1) is 6.92 Å². The monoisotopic (exact) mass is 381 g/mol. The van der Waals surface area contributed by atoms with Gasteiger partial charge in [0.25, 0.3) is 0 Å². The molecule has 1 aromatic heterocycles. The third-order valence-corrected chi connectivity index (χ3v) is 5.14. The number of hydrogen-bond donors (Lipinski definition) is 0. The van der Waals surface area contributed by atoms with Crippen molar-refractivity contribution >= 4 is 17.7 Å². The molecule has 6 heteroatoms. The molecule has 0 spiro atoms. The van der Waals surface area contributed by atoms with E-state index in [1.807, 2.05) is 49.4 Å². The Morgan fingerprint density at radius 1 is 1.15 bits per heavy atom. The lowest BCUT2D eigenvalue weighted by molar-refractivity contribution is -0.130. The molecule has 0 N–H and O–H groups in total. The molecule has 1 heterocycles. The molecule has 2 aromatic carbocycles. The standard InChI is InChI=1S/C21H23N3O2S/c1-16-7-6-10-18(13-16)21-22-19(26-23-21)14-24(2)20(25)11-12-27-15-17-8-4-3-5-9-17/h3-10,13H,11-12,14-15H2,1-2H3. The van der Waals surface area contributed by atoms with Gasteiger partial charge in [-0.25, -0.2) is 0 Å². The van der Waals surface area contributed by atoms with Gasteiger partial charge in [0.2, 0.25) is 17.6 Å². The maximum Gasteiger partial charge on any atom is 0.246 e. The van der Waals surface area contributed by atoms with Crippen LogP contribution >= 0.6 is 11.8 Å². The fourth-order valence-corrected chi connectivity index (χ4v) is 3.52. The first-order valence-electron chi connectivity index (χ1n) is 8.87. The predicted molar refractivity (Wildman–Crippen MR) is 108 cm³/mol. The molecule has 0 saturated heterocycles. The van der Waals surface area contributed by atoms with Gasteiger partial charge in [0.05, 0.1) is 6.54 Å². The summed E-state index contributed by atoms with van der Waals surface area (Å²) in [5.41, 5.74) is 3.33. The van der Waals surface area contributed by atoms with Crippen LogP contribution in [0.4, 0.5) is 0 Å². The molecule has 27 heavy (non-hydrogen) atoms. The van der Waals surface area contributed by atoms with Crippen LogP contribution in [0.5, 0.6) is 0 Å². The van der Waals surface area contributed by atoms with E-state index >= 15 is 0 Å². The van der Waals surface area contributed by atoms with E-state index in [1.165, 1.54) is 5.56 Å². The molecule has 0 aliphatic carbocycles. The Balaban J connectivity index is 1.45. The maximum absolute atomic E-state index is 12.3. The molecule has 0 bridgehead atoms. The van der Waals surface area contributed by atoms with E-state index in [2.05, 4.69) is 22.3 Å². The summed E-state index contributed by atoms with van der Waals surface area (Å²) < 4.78 is 5.30. The molecule has 1 amide bonds. The highest BCUT2D eigenvalue weighted by Gasteiger charge is 2.14. The molecule has 0 unspecified atom stereocenters. The Morgan fingerprint density at radius 2 is 1.96 bits per heavy atom. The van der Waals surface area contributed by atoms with Crippen molar-refractivity contribution in [3.05, 3.63) is 71.6 Å². The van der Waals surface area contributed by atoms with Gasteiger partial charge in [-0.2, -0.15) is 16.7 Å². The molecule has 0 aliphatic heterocycles. The average molecular weight is 382 g/mol. The first-order valence-corrected chi connectivity index (χ1v) is 10.0. The minimum absolute atomic E-state index is 0.0749. The SMILES string of the molecule is Cc1cccc(-c2noc(CN(C)C(=O)CCSCc3ccccc3)n2)c1. The topological polar surface area (TPSA) is 59.2 Å². The summed E-state index contributed by atoms with van der Waals surface area (Å²) in [6.07, 6.45) is 0.493. The lowest BCUT2D eigenvalue weighted by Crippen LogP contribution is -2.26. The molecule has 0 saturated carbocycles. The van der Waals surface area contributed by atoms with Gasteiger partial charge >= 0.3 is 0 Å². The van der Waals surface area contributed by atoms with Crippen molar-refractivity contribution in [1.29, 1.82) is 0 Å². The van der Waals surface area contributed by atoms with Crippen LogP contribution in [-0.4, -0.2) is 33.7 Å². The van der Waals surface area contributed by atoms with Gasteiger partial charge < -0.3 is 9.42 Å². The smallest absolute Gasteiger partial charge is 0.246 e. The number of carbonyl (C=O) groups is 1. The average Bonchev–Trinajstić information content (AvgIpc) is 3.14. The van der Waals surface area contributed by atoms with Gasteiger partial charge in [-0.3, -0.25) is 4.79 Å². The van der Waals surface area contributed by atoms with Crippen molar-refractivity contribution in [3.63, 3.8) is 0 Å². The number of rotatable bonds is 8. The van der Waals surface area contributed by atoms with Crippen molar-refractivity contribution in [3.8, 4) is 11.4 Å². The predicted octanol–water partition coefficient (Wildman–Crippen LogP) is 4.33. The second-order valence-electron chi connectivity index (χ2n) is 6.42. The highest BCUT2D eigenvalue weighted by molar-refractivity contribution is 7.98. The van der Waals surface area contributed by atoms with Crippen LogP contribution in [0.15, 0.2) is 59.1 Å². The molecule has 3 rings (SSSR count). The van der Waals surface area contributed by atoms with E-state index in [0.29, 0.717) is 24.7 Å². The summed E-state index contributed by atoms with van der Waals surface area (Å²) in [5.74, 6) is 2.77.